The van der Waals surface area contributed by atoms with E-state index < -0.39 is 110 Å². The number of esters is 2. The van der Waals surface area contributed by atoms with E-state index in [1.54, 1.807) is 0 Å². The molecule has 3 saturated heterocycles. The van der Waals surface area contributed by atoms with Crippen LogP contribution in [0.4, 0.5) is 13.2 Å². The van der Waals surface area contributed by atoms with Crippen molar-refractivity contribution < 1.29 is 79.9 Å². The van der Waals surface area contributed by atoms with Gasteiger partial charge in [-0.3, -0.25) is 8.98 Å². The fourth-order valence-electron chi connectivity index (χ4n) is 8.28. The van der Waals surface area contributed by atoms with Crippen molar-refractivity contribution in [3.05, 3.63) is 0 Å². The number of aliphatic carboxylic acids is 1. The molecular weight excluding hydrogens is 565 g/mol. The molecule has 0 aromatic heterocycles. The lowest BCUT2D eigenvalue weighted by Crippen LogP contribution is -2.67. The van der Waals surface area contributed by atoms with E-state index >= 15 is 0 Å². The monoisotopic (exact) mass is 590 g/mol. The molecule has 2 saturated carbocycles. The summed E-state index contributed by atoms with van der Waals surface area (Å²) in [5.74, 6) is -8.67. The molecule has 220 valence electrons. The molecule has 0 radical (unpaired) electrons. The summed E-state index contributed by atoms with van der Waals surface area (Å²) in [5, 5.41) is 56.1. The predicted molar refractivity (Wildman–Crippen MR) is 111 cm³/mol. The Labute approximate surface area is 217 Å². The van der Waals surface area contributed by atoms with Crippen molar-refractivity contribution in [3.63, 3.8) is 0 Å². The van der Waals surface area contributed by atoms with E-state index in [0.717, 1.165) is 6.92 Å². The van der Waals surface area contributed by atoms with Crippen LogP contribution in [0.5, 0.6) is 0 Å². The van der Waals surface area contributed by atoms with Crippen molar-refractivity contribution in [2.45, 2.75) is 81.2 Å². The predicted octanol–water partition coefficient (Wildman–Crippen LogP) is -2.00. The number of ether oxygens (including phenoxy) is 3. The average molecular weight is 590 g/mol. The molecule has 0 bridgehead atoms. The molecule has 0 aromatic rings. The van der Waals surface area contributed by atoms with Crippen LogP contribution in [0.25, 0.3) is 0 Å². The lowest BCUT2D eigenvalue weighted by Gasteiger charge is -2.50. The first-order valence-corrected chi connectivity index (χ1v) is 13.0. The second kappa shape index (κ2) is 7.40. The Morgan fingerprint density at radius 2 is 1.67 bits per heavy atom. The summed E-state index contributed by atoms with van der Waals surface area (Å²) < 4.78 is 85.4. The zero-order chi connectivity index (χ0) is 29.7. The highest BCUT2D eigenvalue weighted by molar-refractivity contribution is 7.87. The van der Waals surface area contributed by atoms with E-state index in [9.17, 15) is 61.5 Å². The highest BCUT2D eigenvalue weighted by Crippen LogP contribution is 2.83. The lowest BCUT2D eigenvalue weighted by atomic mass is 9.50. The second-order valence-electron chi connectivity index (χ2n) is 11.7. The molecule has 14 nitrogen and oxygen atoms in total. The van der Waals surface area contributed by atoms with Crippen molar-refractivity contribution in [1.29, 1.82) is 0 Å². The smallest absolute Gasteiger partial charge is 0.479 e. The highest BCUT2D eigenvalue weighted by Gasteiger charge is 3.04. The van der Waals surface area contributed by atoms with Crippen molar-refractivity contribution in [1.82, 2.24) is 0 Å². The third-order valence-electron chi connectivity index (χ3n) is 9.26. The number of alkyl halides is 3. The normalized spacial score (nSPS) is 49.4. The molecule has 5 rings (SSSR count). The number of fused-ring (bicyclic) bond motifs is 1. The number of halogens is 3. The molecule has 2 aliphatic carbocycles. The van der Waals surface area contributed by atoms with Crippen LogP contribution >= 0.6 is 0 Å². The summed E-state index contributed by atoms with van der Waals surface area (Å²) in [6.45, 7) is 4.87. The van der Waals surface area contributed by atoms with Crippen LogP contribution in [0.15, 0.2) is 0 Å². The molecule has 1 spiro atoms. The van der Waals surface area contributed by atoms with Crippen molar-refractivity contribution in [3.8, 4) is 0 Å². The van der Waals surface area contributed by atoms with Gasteiger partial charge in [-0.15, -0.1) is 0 Å². The molecule has 5 N–H and O–H groups in total. The van der Waals surface area contributed by atoms with Gasteiger partial charge in [-0.05, 0) is 12.3 Å². The van der Waals surface area contributed by atoms with Gasteiger partial charge in [0.15, 0.2) is 24.1 Å². The minimum Gasteiger partial charge on any atom is -0.479 e. The Balaban J connectivity index is 1.92. The van der Waals surface area contributed by atoms with E-state index in [-0.39, 0.29) is 0 Å². The summed E-state index contributed by atoms with van der Waals surface area (Å²) >= 11 is 0. The maximum atomic E-state index is 13.6. The Morgan fingerprint density at radius 3 is 2.15 bits per heavy atom. The number of hydrogen-bond donors (Lipinski definition) is 5. The number of hydrogen-bond acceptors (Lipinski definition) is 13. The summed E-state index contributed by atoms with van der Waals surface area (Å²) in [4.78, 5) is 38.4. The molecule has 5 fully saturated rings. The molecule has 6 unspecified atom stereocenters. The first-order valence-electron chi connectivity index (χ1n) is 11.6. The van der Waals surface area contributed by atoms with E-state index in [2.05, 4.69) is 4.18 Å². The van der Waals surface area contributed by atoms with Gasteiger partial charge in [0.1, 0.15) is 18.3 Å². The Bertz CT molecular complexity index is 1280. The number of carbonyl (C=O) groups excluding carboxylic acids is 2. The SMILES string of the molecule is C[C@@H]1C(=O)O[C@H]2C(O)C34C5OC(=O)[C@@]3(OC(O)C4([C@@H](O)C(=O)O)C(C(C)(C)C)[C@H]5OS(=O)(=O)C(F)(F)F)[C@@]12O. The summed E-state index contributed by atoms with van der Waals surface area (Å²) in [6.07, 6.45) is -15.0. The van der Waals surface area contributed by atoms with Crippen molar-refractivity contribution in [2.75, 3.05) is 0 Å². The van der Waals surface area contributed by atoms with Gasteiger partial charge in [-0.25, -0.2) is 9.59 Å². The van der Waals surface area contributed by atoms with Gasteiger partial charge < -0.3 is 39.7 Å². The molecule has 39 heavy (non-hydrogen) atoms. The number of carbonyl (C=O) groups is 3. The second-order valence-corrected chi connectivity index (χ2v) is 13.2. The molecule has 3 heterocycles. The van der Waals surface area contributed by atoms with Gasteiger partial charge in [0.05, 0.1) is 16.7 Å². The number of carboxylic acid groups (broad SMARTS) is 1. The quantitative estimate of drug-likeness (QED) is 0.136. The van der Waals surface area contributed by atoms with Crippen LogP contribution in [0.1, 0.15) is 27.7 Å². The summed E-state index contributed by atoms with van der Waals surface area (Å²) in [6, 6.07) is 0. The number of aliphatic hydroxyl groups excluding tert-OH is 3. The fourth-order valence-corrected chi connectivity index (χ4v) is 8.89. The van der Waals surface area contributed by atoms with Crippen LogP contribution in [0.2, 0.25) is 0 Å². The molecule has 0 aromatic carbocycles. The fraction of sp³-hybridized carbons (Fsp3) is 0.857. The van der Waals surface area contributed by atoms with E-state index in [1.165, 1.54) is 20.8 Å². The number of rotatable bonds is 4. The number of carboxylic acids is 1. The van der Waals surface area contributed by atoms with Crippen molar-refractivity contribution >= 4 is 28.0 Å². The van der Waals surface area contributed by atoms with Gasteiger partial charge in [-0.2, -0.15) is 21.6 Å². The summed E-state index contributed by atoms with van der Waals surface area (Å²) in [5.41, 5.74) is -19.5. The average Bonchev–Trinajstić information content (AvgIpc) is 3.41. The summed E-state index contributed by atoms with van der Waals surface area (Å²) in [7, 11) is -6.52. The number of aliphatic hydroxyl groups is 4. The first kappa shape index (κ1) is 28.4. The molecule has 0 amide bonds. The van der Waals surface area contributed by atoms with Gasteiger partial charge in [-0.1, -0.05) is 20.8 Å². The van der Waals surface area contributed by atoms with Gasteiger partial charge >= 0.3 is 33.5 Å². The van der Waals surface area contributed by atoms with Gasteiger partial charge in [0.25, 0.3) is 0 Å². The Kier molecular flexibility index (Phi) is 5.40. The zero-order valence-corrected chi connectivity index (χ0v) is 21.4. The maximum Gasteiger partial charge on any atom is 0.523 e. The lowest BCUT2D eigenvalue weighted by molar-refractivity contribution is -0.256. The van der Waals surface area contributed by atoms with Crippen LogP contribution in [-0.4, -0.2) is 105 Å². The zero-order valence-electron chi connectivity index (χ0n) is 20.6. The van der Waals surface area contributed by atoms with Crippen LogP contribution in [-0.2, 0) is 42.9 Å². The topological polar surface area (TPSA) is 223 Å². The van der Waals surface area contributed by atoms with Crippen LogP contribution in [0.3, 0.4) is 0 Å². The van der Waals surface area contributed by atoms with E-state index in [0.29, 0.717) is 0 Å². The minimum absolute atomic E-state index is 1.05. The molecule has 5 aliphatic rings. The third-order valence-corrected chi connectivity index (χ3v) is 10.3. The molecule has 18 heteroatoms. The Morgan fingerprint density at radius 1 is 1.10 bits per heavy atom. The standard InChI is InChI=1S/C21H25F3O14S/c1-5-13(29)35-11-8(25)18-10-6(38-39(33,34)21(22,23)24)7(16(2,3)4)17(18,9(26)12(27)28)14(30)37-20(18,15(31)36-10)19(5,11)32/h5-11,14,25-26,30,32H,1-4H3,(H,27,28)/t5-,6-,7?,8?,9+,10?,11+,14?,17?,18?,19-,20+/m1/s1. The van der Waals surface area contributed by atoms with Crippen molar-refractivity contribution in [2.24, 2.45) is 28.1 Å². The first-order chi connectivity index (χ1) is 17.5. The molecule has 3 aliphatic heterocycles. The molecular formula is C21H25F3O14S. The van der Waals surface area contributed by atoms with Crippen LogP contribution in [0, 0.1) is 28.1 Å². The maximum absolute atomic E-state index is 13.6. The third kappa shape index (κ3) is 2.60. The molecule has 12 atom stereocenters. The van der Waals surface area contributed by atoms with E-state index in [4.69, 9.17) is 14.2 Å². The van der Waals surface area contributed by atoms with Crippen LogP contribution < -0.4 is 0 Å². The Hall–Kier alpha value is -2.09. The van der Waals surface area contributed by atoms with Gasteiger partial charge in [0, 0.05) is 5.92 Å². The minimum atomic E-state index is -6.52. The van der Waals surface area contributed by atoms with Gasteiger partial charge in [0.2, 0.25) is 5.60 Å². The highest BCUT2D eigenvalue weighted by atomic mass is 32.2. The van der Waals surface area contributed by atoms with E-state index in [1.807, 2.05) is 0 Å². The largest absolute Gasteiger partial charge is 0.523 e.